The van der Waals surface area contributed by atoms with E-state index in [-0.39, 0.29) is 18.5 Å². The molecule has 0 aliphatic heterocycles. The molecule has 1 rings (SSSR count). The van der Waals surface area contributed by atoms with Gasteiger partial charge in [-0.1, -0.05) is 0 Å². The first-order chi connectivity index (χ1) is 8.10. The minimum Gasteiger partial charge on any atom is -0.494 e. The number of hydrogen-bond acceptors (Lipinski definition) is 4. The highest BCUT2D eigenvalue weighted by molar-refractivity contribution is 5.30. The summed E-state index contributed by atoms with van der Waals surface area (Å²) in [6.45, 7) is 2.47. The van der Waals surface area contributed by atoms with Gasteiger partial charge in [-0.05, 0) is 32.0 Å². The molecule has 0 amide bonds. The summed E-state index contributed by atoms with van der Waals surface area (Å²) in [7, 11) is 0. The molecule has 0 aliphatic carbocycles. The first-order valence-corrected chi connectivity index (χ1v) is 5.58. The van der Waals surface area contributed by atoms with Gasteiger partial charge in [0.25, 0.3) is 0 Å². The van der Waals surface area contributed by atoms with Gasteiger partial charge < -0.3 is 20.7 Å². The topological polar surface area (TPSA) is 75.7 Å². The van der Waals surface area contributed by atoms with Crippen LogP contribution in [0, 0.1) is 5.82 Å². The Morgan fingerprint density at radius 2 is 2.12 bits per heavy atom. The zero-order valence-electron chi connectivity index (χ0n) is 9.77. The van der Waals surface area contributed by atoms with Crippen molar-refractivity contribution in [2.45, 2.75) is 25.6 Å². The Morgan fingerprint density at radius 3 is 2.65 bits per heavy atom. The summed E-state index contributed by atoms with van der Waals surface area (Å²) in [5.41, 5.74) is 5.31. The minimum atomic E-state index is -1.27. The van der Waals surface area contributed by atoms with Gasteiger partial charge in [0.05, 0.1) is 12.7 Å². The Balaban J connectivity index is 2.83. The third-order valence-electron chi connectivity index (χ3n) is 2.43. The molecular weight excluding hydrogens is 225 g/mol. The SMILES string of the molecule is CCOc1ccc(C(O)C(O)CCN)c(F)c1. The van der Waals surface area contributed by atoms with Crippen molar-refractivity contribution >= 4 is 0 Å². The van der Waals surface area contributed by atoms with Gasteiger partial charge in [0, 0.05) is 11.6 Å². The van der Waals surface area contributed by atoms with E-state index in [1.807, 2.05) is 0 Å². The maximum absolute atomic E-state index is 13.6. The largest absolute Gasteiger partial charge is 0.494 e. The Morgan fingerprint density at radius 1 is 1.41 bits per heavy atom. The molecule has 0 spiro atoms. The highest BCUT2D eigenvalue weighted by Crippen LogP contribution is 2.25. The molecule has 4 nitrogen and oxygen atoms in total. The number of ether oxygens (including phenoxy) is 1. The molecule has 0 saturated carbocycles. The molecule has 2 unspecified atom stereocenters. The van der Waals surface area contributed by atoms with Crippen LogP contribution in [-0.4, -0.2) is 29.5 Å². The fraction of sp³-hybridized carbons (Fsp3) is 0.500. The van der Waals surface area contributed by atoms with Crippen LogP contribution in [-0.2, 0) is 0 Å². The first kappa shape index (κ1) is 13.9. The van der Waals surface area contributed by atoms with E-state index in [0.717, 1.165) is 0 Å². The van der Waals surface area contributed by atoms with E-state index in [9.17, 15) is 14.6 Å². The molecule has 96 valence electrons. The van der Waals surface area contributed by atoms with E-state index in [2.05, 4.69) is 0 Å². The summed E-state index contributed by atoms with van der Waals surface area (Å²) in [6.07, 6.45) is -2.12. The van der Waals surface area contributed by atoms with Crippen LogP contribution in [0.5, 0.6) is 5.75 Å². The van der Waals surface area contributed by atoms with E-state index in [1.54, 1.807) is 13.0 Å². The van der Waals surface area contributed by atoms with E-state index in [0.29, 0.717) is 12.4 Å². The fourth-order valence-electron chi connectivity index (χ4n) is 1.54. The maximum atomic E-state index is 13.6. The summed E-state index contributed by atoms with van der Waals surface area (Å²) in [4.78, 5) is 0. The molecule has 4 N–H and O–H groups in total. The number of rotatable bonds is 6. The van der Waals surface area contributed by atoms with Gasteiger partial charge in [-0.25, -0.2) is 4.39 Å². The highest BCUT2D eigenvalue weighted by Gasteiger charge is 2.21. The Bertz CT molecular complexity index is 360. The monoisotopic (exact) mass is 243 g/mol. The van der Waals surface area contributed by atoms with Crippen LogP contribution >= 0.6 is 0 Å². The normalized spacial score (nSPS) is 14.4. The number of aliphatic hydroxyl groups excluding tert-OH is 2. The first-order valence-electron chi connectivity index (χ1n) is 5.58. The van der Waals surface area contributed by atoms with Gasteiger partial charge in [-0.15, -0.1) is 0 Å². The van der Waals surface area contributed by atoms with E-state index in [1.165, 1.54) is 12.1 Å². The van der Waals surface area contributed by atoms with Crippen molar-refractivity contribution in [3.63, 3.8) is 0 Å². The second kappa shape index (κ2) is 6.54. The quantitative estimate of drug-likeness (QED) is 0.696. The summed E-state index contributed by atoms with van der Waals surface area (Å²) in [5, 5.41) is 19.3. The van der Waals surface area contributed by atoms with E-state index >= 15 is 0 Å². The third-order valence-corrected chi connectivity index (χ3v) is 2.43. The van der Waals surface area contributed by atoms with Gasteiger partial charge in [0.1, 0.15) is 17.7 Å². The fourth-order valence-corrected chi connectivity index (χ4v) is 1.54. The minimum absolute atomic E-state index is 0.0504. The van der Waals surface area contributed by atoms with Gasteiger partial charge in [-0.3, -0.25) is 0 Å². The lowest BCUT2D eigenvalue weighted by Crippen LogP contribution is -2.22. The van der Waals surface area contributed by atoms with Crippen molar-refractivity contribution in [2.24, 2.45) is 5.73 Å². The van der Waals surface area contributed by atoms with Crippen LogP contribution in [0.15, 0.2) is 18.2 Å². The molecule has 0 aliphatic rings. The smallest absolute Gasteiger partial charge is 0.132 e. The molecule has 0 aromatic heterocycles. The highest BCUT2D eigenvalue weighted by atomic mass is 19.1. The van der Waals surface area contributed by atoms with Gasteiger partial charge in [0.2, 0.25) is 0 Å². The van der Waals surface area contributed by atoms with Crippen LogP contribution in [0.25, 0.3) is 0 Å². The molecule has 17 heavy (non-hydrogen) atoms. The summed E-state index contributed by atoms with van der Waals surface area (Å²) >= 11 is 0. The lowest BCUT2D eigenvalue weighted by atomic mass is 10.0. The van der Waals surface area contributed by atoms with Crippen molar-refractivity contribution in [3.05, 3.63) is 29.6 Å². The van der Waals surface area contributed by atoms with E-state index < -0.39 is 18.0 Å². The molecule has 1 aromatic carbocycles. The van der Waals surface area contributed by atoms with Crippen molar-refractivity contribution in [2.75, 3.05) is 13.2 Å². The second-order valence-electron chi connectivity index (χ2n) is 3.71. The Labute approximate surface area is 99.8 Å². The predicted octanol–water partition coefficient (Wildman–Crippen LogP) is 0.968. The Hall–Kier alpha value is -1.17. The van der Waals surface area contributed by atoms with Crippen LogP contribution in [0.4, 0.5) is 4.39 Å². The molecule has 2 atom stereocenters. The molecule has 0 radical (unpaired) electrons. The number of aliphatic hydroxyl groups is 2. The van der Waals surface area contributed by atoms with E-state index in [4.69, 9.17) is 10.5 Å². The molecule has 0 bridgehead atoms. The summed E-state index contributed by atoms with van der Waals surface area (Å²) in [6, 6.07) is 4.16. The number of nitrogens with two attached hydrogens (primary N) is 1. The Kier molecular flexibility index (Phi) is 5.34. The van der Waals surface area contributed by atoms with Crippen molar-refractivity contribution in [1.29, 1.82) is 0 Å². The van der Waals surface area contributed by atoms with Gasteiger partial charge in [0.15, 0.2) is 0 Å². The van der Waals surface area contributed by atoms with Crippen LogP contribution in [0.1, 0.15) is 25.0 Å². The average molecular weight is 243 g/mol. The number of halogens is 1. The van der Waals surface area contributed by atoms with Crippen molar-refractivity contribution < 1.29 is 19.3 Å². The molecule has 5 heteroatoms. The lowest BCUT2D eigenvalue weighted by Gasteiger charge is -2.18. The standard InChI is InChI=1S/C12H18FNO3/c1-2-17-8-3-4-9(10(13)7-8)12(16)11(15)5-6-14/h3-4,7,11-12,15-16H,2,5-6,14H2,1H3. The summed E-state index contributed by atoms with van der Waals surface area (Å²) < 4.78 is 18.8. The molecule has 0 saturated heterocycles. The molecule has 1 aromatic rings. The molecule has 0 heterocycles. The molecule has 0 fully saturated rings. The lowest BCUT2D eigenvalue weighted by molar-refractivity contribution is 0.0129. The average Bonchev–Trinajstić information content (AvgIpc) is 2.29. The predicted molar refractivity (Wildman–Crippen MR) is 62.2 cm³/mol. The number of benzene rings is 1. The second-order valence-corrected chi connectivity index (χ2v) is 3.71. The zero-order valence-corrected chi connectivity index (χ0v) is 9.77. The maximum Gasteiger partial charge on any atom is 0.132 e. The summed E-state index contributed by atoms with van der Waals surface area (Å²) in [5.74, 6) is -0.200. The van der Waals surface area contributed by atoms with Crippen LogP contribution in [0.2, 0.25) is 0 Å². The zero-order chi connectivity index (χ0) is 12.8. The van der Waals surface area contributed by atoms with Crippen molar-refractivity contribution in [3.8, 4) is 5.75 Å². The van der Waals surface area contributed by atoms with Gasteiger partial charge >= 0.3 is 0 Å². The van der Waals surface area contributed by atoms with Crippen molar-refractivity contribution in [1.82, 2.24) is 0 Å². The van der Waals surface area contributed by atoms with Crippen LogP contribution in [0.3, 0.4) is 0 Å². The van der Waals surface area contributed by atoms with Gasteiger partial charge in [-0.2, -0.15) is 0 Å². The van der Waals surface area contributed by atoms with Crippen LogP contribution < -0.4 is 10.5 Å². The molecular formula is C12H18FNO3. The number of hydrogen-bond donors (Lipinski definition) is 3. The third kappa shape index (κ3) is 3.66.